The van der Waals surface area contributed by atoms with Crippen molar-refractivity contribution in [1.82, 2.24) is 20.4 Å². The molecule has 2 aliphatic heterocycles. The van der Waals surface area contributed by atoms with E-state index in [-0.39, 0.29) is 17.4 Å². The lowest BCUT2D eigenvalue weighted by Crippen LogP contribution is -2.41. The summed E-state index contributed by atoms with van der Waals surface area (Å²) in [6.45, 7) is 7.75. The zero-order valence-electron chi connectivity index (χ0n) is 17.3. The van der Waals surface area contributed by atoms with Gasteiger partial charge in [0.25, 0.3) is 0 Å². The smallest absolute Gasteiger partial charge is 0.317 e. The van der Waals surface area contributed by atoms with E-state index in [4.69, 9.17) is 14.2 Å². The van der Waals surface area contributed by atoms with Crippen LogP contribution in [0.1, 0.15) is 44.9 Å². The van der Waals surface area contributed by atoms with Crippen molar-refractivity contribution in [2.24, 2.45) is 11.3 Å². The first-order valence-electron chi connectivity index (χ1n) is 10.6. The number of nitrogens with one attached hydrogen (secondary N) is 1. The van der Waals surface area contributed by atoms with Crippen LogP contribution in [0.2, 0.25) is 0 Å². The number of hydrogen-bond acceptors (Lipinski definition) is 5. The van der Waals surface area contributed by atoms with Crippen LogP contribution in [0.25, 0.3) is 11.4 Å². The summed E-state index contributed by atoms with van der Waals surface area (Å²) in [5.74, 6) is 1.83. The average molecular weight is 399 g/mol. The Morgan fingerprint density at radius 3 is 2.76 bits per heavy atom. The van der Waals surface area contributed by atoms with Gasteiger partial charge in [0, 0.05) is 43.8 Å². The molecule has 1 aromatic carbocycles. The summed E-state index contributed by atoms with van der Waals surface area (Å²) < 4.78 is 11.3. The van der Waals surface area contributed by atoms with Crippen molar-refractivity contribution in [3.05, 3.63) is 36.2 Å². The third kappa shape index (κ3) is 4.29. The van der Waals surface area contributed by atoms with Gasteiger partial charge in [-0.2, -0.15) is 4.98 Å². The number of ether oxygens (including phenoxy) is 1. The fourth-order valence-electron chi connectivity index (χ4n) is 4.41. The number of rotatable bonds is 5. The molecule has 4 rings (SSSR count). The van der Waals surface area contributed by atoms with Gasteiger partial charge in [-0.1, -0.05) is 49.3 Å². The molecule has 1 N–H and O–H groups in total. The summed E-state index contributed by atoms with van der Waals surface area (Å²) in [7, 11) is 0. The standard InChI is InChI=1S/C22H30N4O3/c1-16(2)8-11-23-21(27)26-14-18(22(15-26)9-12-28-13-10-22)20-24-19(25-29-20)17-6-4-3-5-7-17/h3-7,16,18H,8-15H2,1-2H3,(H,23,27)/t18-/m0/s1. The monoisotopic (exact) mass is 398 g/mol. The Balaban J connectivity index is 1.53. The predicted molar refractivity (Wildman–Crippen MR) is 109 cm³/mol. The lowest BCUT2D eigenvalue weighted by Gasteiger charge is -2.36. The molecule has 0 saturated carbocycles. The second kappa shape index (κ2) is 8.53. The Hall–Kier alpha value is -2.41. The van der Waals surface area contributed by atoms with Crippen LogP contribution >= 0.6 is 0 Å². The number of nitrogens with zero attached hydrogens (tertiary/aromatic N) is 3. The topological polar surface area (TPSA) is 80.5 Å². The molecule has 0 aliphatic carbocycles. The Morgan fingerprint density at radius 2 is 2.03 bits per heavy atom. The van der Waals surface area contributed by atoms with Crippen molar-refractivity contribution in [2.75, 3.05) is 32.8 Å². The Kier molecular flexibility index (Phi) is 5.85. The fourth-order valence-corrected chi connectivity index (χ4v) is 4.41. The summed E-state index contributed by atoms with van der Waals surface area (Å²) in [5.41, 5.74) is 0.874. The molecule has 2 aliphatic rings. The SMILES string of the molecule is CC(C)CCNC(=O)N1C[C@@H](c2nc(-c3ccccc3)no2)C2(CCOCC2)C1. The molecule has 3 heterocycles. The van der Waals surface area contributed by atoms with Gasteiger partial charge in [-0.15, -0.1) is 0 Å². The maximum atomic E-state index is 12.8. The van der Waals surface area contributed by atoms with Crippen LogP contribution in [0.15, 0.2) is 34.9 Å². The molecular formula is C22H30N4O3. The van der Waals surface area contributed by atoms with Gasteiger partial charge < -0.3 is 19.5 Å². The average Bonchev–Trinajstić information content (AvgIpc) is 3.34. The number of carbonyl (C=O) groups is 1. The molecule has 7 heteroatoms. The Bertz CT molecular complexity index is 814. The number of carbonyl (C=O) groups excluding carboxylic acids is 1. The number of amides is 2. The van der Waals surface area contributed by atoms with Crippen molar-refractivity contribution in [3.63, 3.8) is 0 Å². The Labute approximate surface area is 171 Å². The van der Waals surface area contributed by atoms with Gasteiger partial charge in [0.2, 0.25) is 11.7 Å². The molecule has 1 aromatic heterocycles. The van der Waals surface area contributed by atoms with Crippen LogP contribution in [0.3, 0.4) is 0 Å². The number of benzene rings is 1. The molecule has 0 radical (unpaired) electrons. The summed E-state index contributed by atoms with van der Waals surface area (Å²) >= 11 is 0. The first-order chi connectivity index (χ1) is 14.1. The molecule has 29 heavy (non-hydrogen) atoms. The summed E-state index contributed by atoms with van der Waals surface area (Å²) in [5, 5.41) is 7.28. The van der Waals surface area contributed by atoms with Crippen LogP contribution in [0, 0.1) is 11.3 Å². The highest BCUT2D eigenvalue weighted by molar-refractivity contribution is 5.74. The first-order valence-corrected chi connectivity index (χ1v) is 10.6. The number of hydrogen-bond donors (Lipinski definition) is 1. The third-order valence-electron chi connectivity index (χ3n) is 6.19. The van der Waals surface area contributed by atoms with Gasteiger partial charge in [-0.3, -0.25) is 0 Å². The van der Waals surface area contributed by atoms with E-state index >= 15 is 0 Å². The van der Waals surface area contributed by atoms with Crippen molar-refractivity contribution in [1.29, 1.82) is 0 Å². The largest absolute Gasteiger partial charge is 0.381 e. The molecule has 1 atom stereocenters. The molecule has 7 nitrogen and oxygen atoms in total. The molecule has 2 amide bonds. The van der Waals surface area contributed by atoms with E-state index in [9.17, 15) is 4.79 Å². The fraction of sp³-hybridized carbons (Fsp3) is 0.591. The van der Waals surface area contributed by atoms with Crippen LogP contribution < -0.4 is 5.32 Å². The highest BCUT2D eigenvalue weighted by Crippen LogP contribution is 2.49. The quantitative estimate of drug-likeness (QED) is 0.831. The number of likely N-dealkylation sites (tertiary alicyclic amines) is 1. The maximum absolute atomic E-state index is 12.8. The second-order valence-electron chi connectivity index (χ2n) is 8.64. The summed E-state index contributed by atoms with van der Waals surface area (Å²) in [4.78, 5) is 19.4. The van der Waals surface area contributed by atoms with Gasteiger partial charge in [0.15, 0.2) is 0 Å². The van der Waals surface area contributed by atoms with Crippen LogP contribution in [-0.4, -0.2) is 53.9 Å². The van der Waals surface area contributed by atoms with Gasteiger partial charge in [-0.05, 0) is 25.2 Å². The highest BCUT2D eigenvalue weighted by atomic mass is 16.5. The van der Waals surface area contributed by atoms with Gasteiger partial charge >= 0.3 is 6.03 Å². The lowest BCUT2D eigenvalue weighted by molar-refractivity contribution is 0.00943. The van der Waals surface area contributed by atoms with Gasteiger partial charge in [0.1, 0.15) is 0 Å². The predicted octanol–water partition coefficient (Wildman–Crippen LogP) is 3.69. The minimum Gasteiger partial charge on any atom is -0.381 e. The number of aromatic nitrogens is 2. The van der Waals surface area contributed by atoms with E-state index in [0.717, 1.165) is 24.8 Å². The minimum atomic E-state index is -0.0614. The van der Waals surface area contributed by atoms with Crippen molar-refractivity contribution in [2.45, 2.75) is 39.0 Å². The molecule has 2 fully saturated rings. The maximum Gasteiger partial charge on any atom is 0.317 e. The van der Waals surface area contributed by atoms with Crippen molar-refractivity contribution < 1.29 is 14.1 Å². The van der Waals surface area contributed by atoms with E-state index in [1.54, 1.807) is 0 Å². The van der Waals surface area contributed by atoms with E-state index < -0.39 is 0 Å². The van der Waals surface area contributed by atoms with Crippen LogP contribution in [-0.2, 0) is 4.74 Å². The zero-order valence-corrected chi connectivity index (χ0v) is 17.3. The zero-order chi connectivity index (χ0) is 20.3. The minimum absolute atomic E-state index is 0.00168. The number of urea groups is 1. The van der Waals surface area contributed by atoms with E-state index in [2.05, 4.69) is 24.3 Å². The normalized spacial score (nSPS) is 21.1. The third-order valence-corrected chi connectivity index (χ3v) is 6.19. The Morgan fingerprint density at radius 1 is 1.28 bits per heavy atom. The van der Waals surface area contributed by atoms with Crippen molar-refractivity contribution in [3.8, 4) is 11.4 Å². The first kappa shape index (κ1) is 19.9. The molecule has 1 spiro atoms. The molecule has 156 valence electrons. The van der Waals surface area contributed by atoms with E-state index in [1.165, 1.54) is 0 Å². The summed E-state index contributed by atoms with van der Waals surface area (Å²) in [6, 6.07) is 9.84. The van der Waals surface area contributed by atoms with Crippen LogP contribution in [0.4, 0.5) is 4.79 Å². The molecular weight excluding hydrogens is 368 g/mol. The van der Waals surface area contributed by atoms with Crippen molar-refractivity contribution >= 4 is 6.03 Å². The molecule has 2 aromatic rings. The lowest BCUT2D eigenvalue weighted by atomic mass is 9.72. The molecule has 2 saturated heterocycles. The molecule has 0 bridgehead atoms. The summed E-state index contributed by atoms with van der Waals surface area (Å²) in [6.07, 6.45) is 2.78. The van der Waals surface area contributed by atoms with E-state index in [1.807, 2.05) is 35.2 Å². The van der Waals surface area contributed by atoms with Gasteiger partial charge in [-0.25, -0.2) is 4.79 Å². The van der Waals surface area contributed by atoms with E-state index in [0.29, 0.717) is 50.5 Å². The van der Waals surface area contributed by atoms with Gasteiger partial charge in [0.05, 0.1) is 5.92 Å². The second-order valence-corrected chi connectivity index (χ2v) is 8.64. The highest BCUT2D eigenvalue weighted by Gasteiger charge is 2.51. The van der Waals surface area contributed by atoms with Crippen LogP contribution in [0.5, 0.6) is 0 Å². The molecule has 0 unspecified atom stereocenters.